The molecule has 0 saturated carbocycles. The Morgan fingerprint density at radius 2 is 2.06 bits per heavy atom. The number of carbonyl (C=O) groups excluding carboxylic acids is 1. The summed E-state index contributed by atoms with van der Waals surface area (Å²) in [6, 6.07) is 5.03. The molecule has 0 amide bonds. The van der Waals surface area contributed by atoms with Crippen molar-refractivity contribution in [3.8, 4) is 0 Å². The molecule has 1 atom stereocenters. The van der Waals surface area contributed by atoms with Crippen LogP contribution in [0, 0.1) is 6.92 Å². The number of Topliss-reactive ketones (excluding diaryl/α,β-unsaturated/α-hetero) is 1. The van der Waals surface area contributed by atoms with Gasteiger partial charge in [0.15, 0.2) is 11.9 Å². The zero-order valence-electron chi connectivity index (χ0n) is 9.31. The van der Waals surface area contributed by atoms with E-state index in [2.05, 4.69) is 0 Å². The first-order valence-corrected chi connectivity index (χ1v) is 5.57. The highest BCUT2D eigenvalue weighted by atomic mass is 35.5. The van der Waals surface area contributed by atoms with Crippen LogP contribution in [0.2, 0.25) is 0 Å². The SMILES string of the molecule is Cc1cccc(CC(=O)CCl)c1C(O)C(=O)O. The molecule has 0 aliphatic carbocycles. The Kier molecular flexibility index (Phi) is 4.66. The van der Waals surface area contributed by atoms with Gasteiger partial charge in [-0.25, -0.2) is 4.79 Å². The number of halogens is 1. The standard InChI is InChI=1S/C12H13ClO4/c1-7-3-2-4-8(5-9(14)6-13)10(7)11(15)12(16)17/h2-4,11,15H,5-6H2,1H3,(H,16,17). The first-order valence-electron chi connectivity index (χ1n) is 5.04. The van der Waals surface area contributed by atoms with Crippen LogP contribution in [-0.4, -0.2) is 27.8 Å². The molecule has 2 N–H and O–H groups in total. The highest BCUT2D eigenvalue weighted by Gasteiger charge is 2.22. The number of alkyl halides is 1. The molecule has 17 heavy (non-hydrogen) atoms. The number of ketones is 1. The van der Waals surface area contributed by atoms with Gasteiger partial charge in [0, 0.05) is 6.42 Å². The van der Waals surface area contributed by atoms with Crippen molar-refractivity contribution in [2.24, 2.45) is 0 Å². The molecule has 1 rings (SSSR count). The van der Waals surface area contributed by atoms with Crippen LogP contribution >= 0.6 is 11.6 Å². The third-order valence-corrected chi connectivity index (χ3v) is 2.76. The van der Waals surface area contributed by atoms with Crippen LogP contribution in [-0.2, 0) is 16.0 Å². The van der Waals surface area contributed by atoms with E-state index in [0.29, 0.717) is 11.1 Å². The van der Waals surface area contributed by atoms with Gasteiger partial charge < -0.3 is 10.2 Å². The predicted molar refractivity (Wildman–Crippen MR) is 63.2 cm³/mol. The Morgan fingerprint density at radius 1 is 1.41 bits per heavy atom. The van der Waals surface area contributed by atoms with Crippen molar-refractivity contribution in [2.75, 3.05) is 5.88 Å². The zero-order valence-corrected chi connectivity index (χ0v) is 10.1. The molecule has 1 aromatic rings. The van der Waals surface area contributed by atoms with Gasteiger partial charge in [0.25, 0.3) is 0 Å². The Hall–Kier alpha value is -1.39. The molecule has 5 heteroatoms. The fourth-order valence-electron chi connectivity index (χ4n) is 1.67. The molecular weight excluding hydrogens is 244 g/mol. The van der Waals surface area contributed by atoms with E-state index in [1.807, 2.05) is 0 Å². The van der Waals surface area contributed by atoms with Gasteiger partial charge >= 0.3 is 5.97 Å². The number of rotatable bonds is 5. The Labute approximate surface area is 104 Å². The lowest BCUT2D eigenvalue weighted by Gasteiger charge is -2.14. The quantitative estimate of drug-likeness (QED) is 0.783. The molecule has 0 aromatic heterocycles. The monoisotopic (exact) mass is 256 g/mol. The van der Waals surface area contributed by atoms with Crippen molar-refractivity contribution in [1.29, 1.82) is 0 Å². The average Bonchev–Trinajstić information content (AvgIpc) is 2.28. The van der Waals surface area contributed by atoms with E-state index in [-0.39, 0.29) is 23.6 Å². The summed E-state index contributed by atoms with van der Waals surface area (Å²) in [4.78, 5) is 22.1. The second kappa shape index (κ2) is 5.80. The third kappa shape index (κ3) is 3.28. The first kappa shape index (κ1) is 13.7. The van der Waals surface area contributed by atoms with Gasteiger partial charge in [0.2, 0.25) is 0 Å². The predicted octanol–water partition coefficient (Wildman–Crippen LogP) is 1.46. The first-order chi connectivity index (χ1) is 7.97. The number of carboxylic acids is 1. The lowest BCUT2D eigenvalue weighted by molar-refractivity contribution is -0.147. The molecule has 0 bridgehead atoms. The highest BCUT2D eigenvalue weighted by Crippen LogP contribution is 2.23. The number of benzene rings is 1. The van der Waals surface area contributed by atoms with Crippen LogP contribution in [0.1, 0.15) is 22.8 Å². The van der Waals surface area contributed by atoms with Gasteiger partial charge in [0.1, 0.15) is 0 Å². The number of aliphatic hydroxyl groups excluding tert-OH is 1. The Bertz CT molecular complexity index is 442. The maximum atomic E-state index is 11.3. The van der Waals surface area contributed by atoms with E-state index in [1.54, 1.807) is 25.1 Å². The number of aliphatic carboxylic acids is 1. The smallest absolute Gasteiger partial charge is 0.337 e. The average molecular weight is 257 g/mol. The number of hydrogen-bond donors (Lipinski definition) is 2. The highest BCUT2D eigenvalue weighted by molar-refractivity contribution is 6.27. The van der Waals surface area contributed by atoms with Crippen molar-refractivity contribution in [3.63, 3.8) is 0 Å². The molecule has 1 aromatic carbocycles. The maximum absolute atomic E-state index is 11.3. The van der Waals surface area contributed by atoms with E-state index >= 15 is 0 Å². The van der Waals surface area contributed by atoms with Crippen molar-refractivity contribution in [1.82, 2.24) is 0 Å². The molecule has 0 aliphatic rings. The largest absolute Gasteiger partial charge is 0.479 e. The van der Waals surface area contributed by atoms with Crippen molar-refractivity contribution in [2.45, 2.75) is 19.4 Å². The number of carbonyl (C=O) groups is 2. The Morgan fingerprint density at radius 3 is 2.59 bits per heavy atom. The Balaban J connectivity index is 3.17. The van der Waals surface area contributed by atoms with Crippen LogP contribution in [0.25, 0.3) is 0 Å². The summed E-state index contributed by atoms with van der Waals surface area (Å²) < 4.78 is 0. The minimum absolute atomic E-state index is 0.0326. The summed E-state index contributed by atoms with van der Waals surface area (Å²) >= 11 is 5.41. The van der Waals surface area contributed by atoms with Crippen LogP contribution in [0.5, 0.6) is 0 Å². The van der Waals surface area contributed by atoms with E-state index < -0.39 is 12.1 Å². The molecule has 0 aliphatic heterocycles. The third-order valence-electron chi connectivity index (χ3n) is 2.46. The van der Waals surface area contributed by atoms with Gasteiger partial charge in [-0.15, -0.1) is 11.6 Å². The lowest BCUT2D eigenvalue weighted by Crippen LogP contribution is -2.16. The summed E-state index contributed by atoms with van der Waals surface area (Å²) in [6.45, 7) is 1.69. The summed E-state index contributed by atoms with van der Waals surface area (Å²) in [5, 5.41) is 18.4. The second-order valence-corrected chi connectivity index (χ2v) is 4.00. The molecule has 0 radical (unpaired) electrons. The van der Waals surface area contributed by atoms with Crippen molar-refractivity contribution >= 4 is 23.4 Å². The van der Waals surface area contributed by atoms with Gasteiger partial charge in [-0.2, -0.15) is 0 Å². The molecular formula is C12H13ClO4. The maximum Gasteiger partial charge on any atom is 0.337 e. The number of hydrogen-bond acceptors (Lipinski definition) is 3. The normalized spacial score (nSPS) is 12.2. The van der Waals surface area contributed by atoms with E-state index in [1.165, 1.54) is 0 Å². The number of aliphatic hydroxyl groups is 1. The fraction of sp³-hybridized carbons (Fsp3) is 0.333. The molecule has 4 nitrogen and oxygen atoms in total. The van der Waals surface area contributed by atoms with Gasteiger partial charge in [-0.05, 0) is 23.6 Å². The van der Waals surface area contributed by atoms with Crippen LogP contribution in [0.3, 0.4) is 0 Å². The van der Waals surface area contributed by atoms with Crippen molar-refractivity contribution in [3.05, 3.63) is 34.9 Å². The summed E-state index contributed by atoms with van der Waals surface area (Å²) in [5.41, 5.74) is 1.42. The molecule has 0 saturated heterocycles. The van der Waals surface area contributed by atoms with E-state index in [0.717, 1.165) is 0 Å². The zero-order chi connectivity index (χ0) is 13.0. The minimum Gasteiger partial charge on any atom is -0.479 e. The van der Waals surface area contributed by atoms with E-state index in [4.69, 9.17) is 16.7 Å². The lowest BCUT2D eigenvalue weighted by atomic mass is 9.94. The van der Waals surface area contributed by atoms with Gasteiger partial charge in [0.05, 0.1) is 5.88 Å². The fourth-order valence-corrected chi connectivity index (χ4v) is 1.76. The summed E-state index contributed by atoms with van der Waals surface area (Å²) in [5.74, 6) is -1.67. The van der Waals surface area contributed by atoms with Gasteiger partial charge in [-0.3, -0.25) is 4.79 Å². The molecule has 92 valence electrons. The van der Waals surface area contributed by atoms with Gasteiger partial charge in [-0.1, -0.05) is 18.2 Å². The summed E-state index contributed by atoms with van der Waals surface area (Å²) in [6.07, 6.45) is -1.58. The van der Waals surface area contributed by atoms with Crippen LogP contribution in [0.4, 0.5) is 0 Å². The minimum atomic E-state index is -1.62. The summed E-state index contributed by atoms with van der Waals surface area (Å²) in [7, 11) is 0. The number of aryl methyl sites for hydroxylation is 1. The molecule has 0 spiro atoms. The van der Waals surface area contributed by atoms with E-state index in [9.17, 15) is 14.7 Å². The topological polar surface area (TPSA) is 74.6 Å². The van der Waals surface area contributed by atoms with Crippen LogP contribution < -0.4 is 0 Å². The molecule has 1 unspecified atom stereocenters. The molecule has 0 fully saturated rings. The number of carboxylic acid groups (broad SMARTS) is 1. The molecule has 0 heterocycles. The van der Waals surface area contributed by atoms with Crippen molar-refractivity contribution < 1.29 is 19.8 Å². The van der Waals surface area contributed by atoms with Crippen LogP contribution in [0.15, 0.2) is 18.2 Å². The second-order valence-electron chi connectivity index (χ2n) is 3.74.